The monoisotopic (exact) mass is 322 g/mol. The number of hydrogen-bond donors (Lipinski definition) is 0. The molecule has 0 spiro atoms. The largest absolute Gasteiger partial charge is 0.377 e. The SMILES string of the molecule is Cc1ccc(-c2noc([C@H](C)S[C@H]3CCO[C@H]3C)n2)cc1F. The molecule has 3 rings (SSSR count). The number of hydrogen-bond acceptors (Lipinski definition) is 5. The fourth-order valence-electron chi connectivity index (χ4n) is 2.46. The van der Waals surface area contributed by atoms with E-state index in [1.165, 1.54) is 6.07 Å². The van der Waals surface area contributed by atoms with E-state index < -0.39 is 0 Å². The van der Waals surface area contributed by atoms with E-state index in [-0.39, 0.29) is 17.2 Å². The first-order valence-electron chi connectivity index (χ1n) is 7.42. The molecule has 0 aliphatic carbocycles. The lowest BCUT2D eigenvalue weighted by Gasteiger charge is -2.16. The van der Waals surface area contributed by atoms with Crippen LogP contribution < -0.4 is 0 Å². The lowest BCUT2D eigenvalue weighted by Crippen LogP contribution is -2.14. The molecule has 0 N–H and O–H groups in total. The van der Waals surface area contributed by atoms with Gasteiger partial charge in [-0.05, 0) is 38.8 Å². The minimum absolute atomic E-state index is 0.0886. The predicted molar refractivity (Wildman–Crippen MR) is 84.3 cm³/mol. The highest BCUT2D eigenvalue weighted by atomic mass is 32.2. The third kappa shape index (κ3) is 3.17. The van der Waals surface area contributed by atoms with Crippen molar-refractivity contribution in [1.82, 2.24) is 10.1 Å². The zero-order valence-electron chi connectivity index (χ0n) is 12.9. The Morgan fingerprint density at radius 3 is 2.91 bits per heavy atom. The van der Waals surface area contributed by atoms with E-state index in [2.05, 4.69) is 17.1 Å². The fourth-order valence-corrected chi connectivity index (χ4v) is 3.73. The fraction of sp³-hybridized carbons (Fsp3) is 0.500. The zero-order valence-corrected chi connectivity index (χ0v) is 13.7. The summed E-state index contributed by atoms with van der Waals surface area (Å²) in [6, 6.07) is 4.96. The van der Waals surface area contributed by atoms with Crippen LogP contribution in [0.3, 0.4) is 0 Å². The van der Waals surface area contributed by atoms with Crippen molar-refractivity contribution >= 4 is 11.8 Å². The topological polar surface area (TPSA) is 48.2 Å². The van der Waals surface area contributed by atoms with Gasteiger partial charge in [-0.1, -0.05) is 17.3 Å². The van der Waals surface area contributed by atoms with Gasteiger partial charge in [-0.25, -0.2) is 4.39 Å². The Bertz CT molecular complexity index is 661. The average Bonchev–Trinajstić information content (AvgIpc) is 3.12. The third-order valence-corrected chi connectivity index (χ3v) is 5.48. The maximum absolute atomic E-state index is 13.6. The number of nitrogens with zero attached hydrogens (tertiary/aromatic N) is 2. The standard InChI is InChI=1S/C16H19FN2O2S/c1-9-4-5-12(8-13(9)17)15-18-16(21-19-15)11(3)22-14-6-7-20-10(14)2/h4-5,8,10-11,14H,6-7H2,1-3H3/t10-,11-,14-/m0/s1. The maximum Gasteiger partial charge on any atom is 0.239 e. The second-order valence-electron chi connectivity index (χ2n) is 5.60. The minimum Gasteiger partial charge on any atom is -0.377 e. The van der Waals surface area contributed by atoms with Gasteiger partial charge in [-0.15, -0.1) is 11.8 Å². The molecule has 0 amide bonds. The number of halogens is 1. The highest BCUT2D eigenvalue weighted by Gasteiger charge is 2.28. The molecule has 4 nitrogen and oxygen atoms in total. The van der Waals surface area contributed by atoms with Crippen molar-refractivity contribution in [2.45, 2.75) is 43.8 Å². The van der Waals surface area contributed by atoms with E-state index in [1.807, 2.05) is 6.92 Å². The van der Waals surface area contributed by atoms with Gasteiger partial charge >= 0.3 is 0 Å². The van der Waals surface area contributed by atoms with Crippen molar-refractivity contribution < 1.29 is 13.7 Å². The van der Waals surface area contributed by atoms with Crippen molar-refractivity contribution in [3.63, 3.8) is 0 Å². The van der Waals surface area contributed by atoms with E-state index in [1.54, 1.807) is 30.8 Å². The summed E-state index contributed by atoms with van der Waals surface area (Å²) in [5, 5.41) is 4.51. The molecule has 118 valence electrons. The molecule has 2 aromatic rings. The summed E-state index contributed by atoms with van der Waals surface area (Å²) in [6.07, 6.45) is 1.29. The normalized spacial score (nSPS) is 22.9. The molecule has 1 aliphatic rings. The van der Waals surface area contributed by atoms with Crippen LogP contribution in [0.5, 0.6) is 0 Å². The Balaban J connectivity index is 1.73. The molecule has 6 heteroatoms. The molecule has 22 heavy (non-hydrogen) atoms. The summed E-state index contributed by atoms with van der Waals surface area (Å²) in [6.45, 7) is 6.67. The predicted octanol–water partition coefficient (Wildman–Crippen LogP) is 4.16. The quantitative estimate of drug-likeness (QED) is 0.846. The van der Waals surface area contributed by atoms with Gasteiger partial charge in [-0.2, -0.15) is 4.98 Å². The smallest absolute Gasteiger partial charge is 0.239 e. The van der Waals surface area contributed by atoms with Crippen LogP contribution in [0.1, 0.15) is 37.0 Å². The summed E-state index contributed by atoms with van der Waals surface area (Å²) in [5.74, 6) is 0.736. The van der Waals surface area contributed by atoms with Crippen molar-refractivity contribution in [2.24, 2.45) is 0 Å². The molecular weight excluding hydrogens is 303 g/mol. The van der Waals surface area contributed by atoms with Crippen LogP contribution >= 0.6 is 11.8 Å². The van der Waals surface area contributed by atoms with Crippen LogP contribution in [0.2, 0.25) is 0 Å². The number of rotatable bonds is 4. The third-order valence-electron chi connectivity index (χ3n) is 3.91. The Kier molecular flexibility index (Phi) is 4.49. The van der Waals surface area contributed by atoms with Crippen molar-refractivity contribution in [3.05, 3.63) is 35.5 Å². The number of thioether (sulfide) groups is 1. The van der Waals surface area contributed by atoms with E-state index >= 15 is 0 Å². The van der Waals surface area contributed by atoms with E-state index in [0.717, 1.165) is 13.0 Å². The molecule has 0 saturated carbocycles. The van der Waals surface area contributed by atoms with Crippen LogP contribution in [0, 0.1) is 12.7 Å². The number of ether oxygens (including phenoxy) is 1. The molecule has 0 unspecified atom stereocenters. The highest BCUT2D eigenvalue weighted by molar-refractivity contribution is 8.00. The van der Waals surface area contributed by atoms with E-state index in [0.29, 0.717) is 28.1 Å². The van der Waals surface area contributed by atoms with Gasteiger partial charge < -0.3 is 9.26 Å². The Morgan fingerprint density at radius 2 is 2.23 bits per heavy atom. The van der Waals surface area contributed by atoms with Crippen LogP contribution in [0.4, 0.5) is 4.39 Å². The molecule has 1 fully saturated rings. The van der Waals surface area contributed by atoms with Crippen LogP contribution in [0.25, 0.3) is 11.4 Å². The molecule has 3 atom stereocenters. The maximum atomic E-state index is 13.6. The molecular formula is C16H19FN2O2S. The molecule has 2 heterocycles. The second-order valence-corrected chi connectivity index (χ2v) is 7.19. The first kappa shape index (κ1) is 15.5. The number of aromatic nitrogens is 2. The van der Waals surface area contributed by atoms with Crippen molar-refractivity contribution in [3.8, 4) is 11.4 Å². The van der Waals surface area contributed by atoms with Gasteiger partial charge in [0.05, 0.1) is 11.4 Å². The number of benzene rings is 1. The van der Waals surface area contributed by atoms with E-state index in [4.69, 9.17) is 9.26 Å². The molecule has 1 aliphatic heterocycles. The summed E-state index contributed by atoms with van der Waals surface area (Å²) in [5.41, 5.74) is 1.24. The van der Waals surface area contributed by atoms with Crippen LogP contribution in [0.15, 0.2) is 22.7 Å². The van der Waals surface area contributed by atoms with Crippen molar-refractivity contribution in [1.29, 1.82) is 0 Å². The summed E-state index contributed by atoms with van der Waals surface area (Å²) in [7, 11) is 0. The van der Waals surface area contributed by atoms with Crippen LogP contribution in [-0.2, 0) is 4.74 Å². The van der Waals surface area contributed by atoms with Gasteiger partial charge in [0.15, 0.2) is 0 Å². The summed E-state index contributed by atoms with van der Waals surface area (Å²) in [4.78, 5) is 4.41. The average molecular weight is 322 g/mol. The Labute approximate surface area is 133 Å². The second kappa shape index (κ2) is 6.38. The Hall–Kier alpha value is -1.40. The minimum atomic E-state index is -0.261. The Morgan fingerprint density at radius 1 is 1.41 bits per heavy atom. The van der Waals surface area contributed by atoms with Gasteiger partial charge in [-0.3, -0.25) is 0 Å². The first-order chi connectivity index (χ1) is 10.5. The van der Waals surface area contributed by atoms with E-state index in [9.17, 15) is 4.39 Å². The lowest BCUT2D eigenvalue weighted by molar-refractivity contribution is 0.127. The molecule has 0 radical (unpaired) electrons. The van der Waals surface area contributed by atoms with Crippen LogP contribution in [-0.4, -0.2) is 28.1 Å². The van der Waals surface area contributed by atoms with Gasteiger partial charge in [0.25, 0.3) is 0 Å². The molecule has 1 aromatic carbocycles. The lowest BCUT2D eigenvalue weighted by atomic mass is 10.1. The number of aryl methyl sites for hydroxylation is 1. The first-order valence-corrected chi connectivity index (χ1v) is 8.36. The van der Waals surface area contributed by atoms with Gasteiger partial charge in [0.1, 0.15) is 5.82 Å². The van der Waals surface area contributed by atoms with Gasteiger partial charge in [0.2, 0.25) is 11.7 Å². The van der Waals surface area contributed by atoms with Gasteiger partial charge in [0, 0.05) is 17.4 Å². The summed E-state index contributed by atoms with van der Waals surface area (Å²) < 4.78 is 24.6. The zero-order chi connectivity index (χ0) is 15.7. The highest BCUT2D eigenvalue weighted by Crippen LogP contribution is 2.37. The molecule has 1 aromatic heterocycles. The molecule has 1 saturated heterocycles. The molecule has 0 bridgehead atoms. The van der Waals surface area contributed by atoms with Crippen molar-refractivity contribution in [2.75, 3.05) is 6.61 Å². The summed E-state index contributed by atoms with van der Waals surface area (Å²) >= 11 is 1.79.